The fourth-order valence-electron chi connectivity index (χ4n) is 3.78. The highest BCUT2D eigenvalue weighted by Gasteiger charge is 2.16. The summed E-state index contributed by atoms with van der Waals surface area (Å²) in [4.78, 5) is 17.3. The van der Waals surface area contributed by atoms with Crippen LogP contribution in [-0.4, -0.2) is 16.0 Å². The van der Waals surface area contributed by atoms with E-state index < -0.39 is 5.91 Å². The van der Waals surface area contributed by atoms with Gasteiger partial charge in [-0.1, -0.05) is 49.7 Å². The Morgan fingerprint density at radius 3 is 2.69 bits per heavy atom. The van der Waals surface area contributed by atoms with Gasteiger partial charge in [0.05, 0.1) is 10.7 Å². The van der Waals surface area contributed by atoms with E-state index in [9.17, 15) is 4.79 Å². The third-order valence-electron chi connectivity index (χ3n) is 5.93. The second-order valence-corrected chi connectivity index (χ2v) is 9.12. The van der Waals surface area contributed by atoms with Crippen LogP contribution in [0.2, 0.25) is 5.02 Å². The van der Waals surface area contributed by atoms with E-state index in [-0.39, 0.29) is 10.9 Å². The Balaban J connectivity index is 1.34. The average Bonchev–Trinajstić information content (AvgIpc) is 3.48. The van der Waals surface area contributed by atoms with Crippen molar-refractivity contribution in [3.05, 3.63) is 83.1 Å². The Morgan fingerprint density at radius 1 is 1.06 bits per heavy atom. The number of benzene rings is 3. The molecule has 0 aliphatic carbocycles. The van der Waals surface area contributed by atoms with Crippen molar-refractivity contribution >= 4 is 62.6 Å². The topological polar surface area (TPSA) is 80.3 Å². The zero-order valence-corrected chi connectivity index (χ0v) is 20.7. The highest BCUT2D eigenvalue weighted by atomic mass is 35.5. The van der Waals surface area contributed by atoms with Gasteiger partial charge in [-0.2, -0.15) is 0 Å². The molecule has 0 fully saturated rings. The Labute approximate surface area is 212 Å². The molecule has 2 aromatic heterocycles. The molecule has 0 aliphatic rings. The van der Waals surface area contributed by atoms with Crippen LogP contribution < -0.4 is 10.6 Å². The number of para-hydroxylation sites is 1. The lowest BCUT2D eigenvalue weighted by atomic mass is 9.98. The first-order chi connectivity index (χ1) is 16.9. The molecule has 2 heterocycles. The van der Waals surface area contributed by atoms with Gasteiger partial charge in [0.15, 0.2) is 16.5 Å². The van der Waals surface area contributed by atoms with Gasteiger partial charge >= 0.3 is 0 Å². The van der Waals surface area contributed by atoms with Crippen molar-refractivity contribution in [2.24, 2.45) is 0 Å². The largest absolute Gasteiger partial charge is 0.451 e. The number of nitrogens with zero attached hydrogens (tertiary/aromatic N) is 1. The van der Waals surface area contributed by atoms with Gasteiger partial charge in [0.2, 0.25) is 5.89 Å². The second kappa shape index (κ2) is 9.52. The minimum absolute atomic E-state index is 0.0882. The van der Waals surface area contributed by atoms with E-state index in [1.165, 1.54) is 5.56 Å². The average molecular weight is 504 g/mol. The highest BCUT2D eigenvalue weighted by molar-refractivity contribution is 7.80. The van der Waals surface area contributed by atoms with E-state index in [4.69, 9.17) is 32.7 Å². The van der Waals surface area contributed by atoms with E-state index in [1.54, 1.807) is 24.3 Å². The van der Waals surface area contributed by atoms with Crippen molar-refractivity contribution in [2.45, 2.75) is 26.2 Å². The number of halogens is 1. The number of oxazole rings is 1. The number of hydrogen-bond acceptors (Lipinski definition) is 5. The normalized spacial score (nSPS) is 12.1. The lowest BCUT2D eigenvalue weighted by Gasteiger charge is -2.11. The summed E-state index contributed by atoms with van der Waals surface area (Å²) >= 11 is 11.7. The molecule has 0 radical (unpaired) electrons. The number of thiocarbonyl (C=S) groups is 1. The molecular formula is C27H22ClN3O3S. The number of hydrogen-bond donors (Lipinski definition) is 2. The summed E-state index contributed by atoms with van der Waals surface area (Å²) in [5, 5.41) is 6.96. The molecule has 0 bridgehead atoms. The molecule has 1 amide bonds. The highest BCUT2D eigenvalue weighted by Crippen LogP contribution is 2.32. The van der Waals surface area contributed by atoms with Crippen molar-refractivity contribution in [2.75, 3.05) is 5.32 Å². The summed E-state index contributed by atoms with van der Waals surface area (Å²) in [6, 6.07) is 20.5. The van der Waals surface area contributed by atoms with E-state index >= 15 is 0 Å². The SMILES string of the molecule is CC[C@H](C)c1ccc2oc(-c3ccc(Cl)c(NC(=S)NC(=O)c4cc5ccccc5o4)c3)nc2c1. The van der Waals surface area contributed by atoms with Crippen LogP contribution in [0.1, 0.15) is 42.3 Å². The number of fused-ring (bicyclic) bond motifs is 2. The van der Waals surface area contributed by atoms with Crippen LogP contribution in [0, 0.1) is 0 Å². The van der Waals surface area contributed by atoms with Crippen molar-refractivity contribution in [3.8, 4) is 11.5 Å². The summed E-state index contributed by atoms with van der Waals surface area (Å²) in [6.07, 6.45) is 1.05. The number of anilines is 1. The predicted molar refractivity (Wildman–Crippen MR) is 143 cm³/mol. The maximum atomic E-state index is 12.6. The minimum Gasteiger partial charge on any atom is -0.451 e. The summed E-state index contributed by atoms with van der Waals surface area (Å²) in [5.41, 5.74) is 4.61. The fourth-order valence-corrected chi connectivity index (χ4v) is 4.14. The van der Waals surface area contributed by atoms with Crippen LogP contribution in [0.4, 0.5) is 5.69 Å². The molecule has 0 unspecified atom stereocenters. The van der Waals surface area contributed by atoms with Gasteiger partial charge in [0.1, 0.15) is 11.1 Å². The molecule has 35 heavy (non-hydrogen) atoms. The zero-order chi connectivity index (χ0) is 24.5. The van der Waals surface area contributed by atoms with Crippen LogP contribution >= 0.6 is 23.8 Å². The molecule has 5 rings (SSSR count). The molecule has 8 heteroatoms. The number of nitrogens with one attached hydrogen (secondary N) is 2. The Hall–Kier alpha value is -3.68. The molecule has 3 aromatic carbocycles. The molecule has 0 aliphatic heterocycles. The summed E-state index contributed by atoms with van der Waals surface area (Å²) in [5.74, 6) is 0.625. The quantitative estimate of drug-likeness (QED) is 0.241. The molecule has 0 saturated heterocycles. The second-order valence-electron chi connectivity index (χ2n) is 8.31. The van der Waals surface area contributed by atoms with Gasteiger partial charge in [-0.15, -0.1) is 0 Å². The maximum Gasteiger partial charge on any atom is 0.293 e. The first-order valence-corrected chi connectivity index (χ1v) is 12.0. The molecule has 176 valence electrons. The fraction of sp³-hybridized carbons (Fsp3) is 0.148. The van der Waals surface area contributed by atoms with Crippen molar-refractivity contribution in [1.82, 2.24) is 10.3 Å². The summed E-state index contributed by atoms with van der Waals surface area (Å²) < 4.78 is 11.6. The molecule has 0 saturated carbocycles. The van der Waals surface area contributed by atoms with Gasteiger partial charge in [0, 0.05) is 10.9 Å². The number of furan rings is 1. The predicted octanol–water partition coefficient (Wildman–Crippen LogP) is 7.53. The molecule has 0 spiro atoms. The third-order valence-corrected chi connectivity index (χ3v) is 6.46. The molecule has 2 N–H and O–H groups in total. The van der Waals surface area contributed by atoms with E-state index in [1.807, 2.05) is 30.3 Å². The van der Waals surface area contributed by atoms with Crippen LogP contribution in [0.3, 0.4) is 0 Å². The van der Waals surface area contributed by atoms with Crippen molar-refractivity contribution < 1.29 is 13.6 Å². The van der Waals surface area contributed by atoms with Gasteiger partial charge in [-0.3, -0.25) is 10.1 Å². The van der Waals surface area contributed by atoms with Crippen LogP contribution in [0.5, 0.6) is 0 Å². The van der Waals surface area contributed by atoms with Crippen LogP contribution in [0.25, 0.3) is 33.5 Å². The lowest BCUT2D eigenvalue weighted by Crippen LogP contribution is -2.33. The Kier molecular flexibility index (Phi) is 6.28. The van der Waals surface area contributed by atoms with Crippen molar-refractivity contribution in [3.63, 3.8) is 0 Å². The van der Waals surface area contributed by atoms with Gasteiger partial charge in [-0.05, 0) is 72.6 Å². The lowest BCUT2D eigenvalue weighted by molar-refractivity contribution is 0.0953. The first kappa shape index (κ1) is 23.1. The molecule has 5 aromatic rings. The Bertz CT molecular complexity index is 1540. The zero-order valence-electron chi connectivity index (χ0n) is 19.1. The number of carbonyl (C=O) groups is 1. The summed E-state index contributed by atoms with van der Waals surface area (Å²) in [7, 11) is 0. The third kappa shape index (κ3) is 4.78. The standard InChI is InChI=1S/C27H22ClN3O3S/c1-3-15(2)16-9-11-23-21(12-16)29-26(34-23)18-8-10-19(28)20(13-18)30-27(35)31-25(32)24-14-17-6-4-5-7-22(17)33-24/h4-15H,3H2,1-2H3,(H2,30,31,32,35)/t15-/m0/s1. The number of amides is 1. The van der Waals surface area contributed by atoms with Gasteiger partial charge < -0.3 is 14.2 Å². The van der Waals surface area contributed by atoms with E-state index in [0.717, 1.165) is 22.9 Å². The smallest absolute Gasteiger partial charge is 0.293 e. The van der Waals surface area contributed by atoms with Crippen LogP contribution in [0.15, 0.2) is 75.6 Å². The number of rotatable bonds is 5. The number of carbonyl (C=O) groups excluding carboxylic acids is 1. The van der Waals surface area contributed by atoms with Gasteiger partial charge in [-0.25, -0.2) is 4.98 Å². The maximum absolute atomic E-state index is 12.6. The van der Waals surface area contributed by atoms with Gasteiger partial charge in [0.25, 0.3) is 5.91 Å². The first-order valence-electron chi connectivity index (χ1n) is 11.2. The molecule has 6 nitrogen and oxygen atoms in total. The molecular weight excluding hydrogens is 482 g/mol. The van der Waals surface area contributed by atoms with E-state index in [0.29, 0.717) is 33.7 Å². The van der Waals surface area contributed by atoms with Crippen molar-refractivity contribution in [1.29, 1.82) is 0 Å². The minimum atomic E-state index is -0.456. The summed E-state index contributed by atoms with van der Waals surface area (Å²) in [6.45, 7) is 4.35. The number of aromatic nitrogens is 1. The monoisotopic (exact) mass is 503 g/mol. The van der Waals surface area contributed by atoms with Crippen LogP contribution in [-0.2, 0) is 0 Å². The Morgan fingerprint density at radius 2 is 1.89 bits per heavy atom. The molecule has 1 atom stereocenters. The van der Waals surface area contributed by atoms with E-state index in [2.05, 4.69) is 41.6 Å².